The number of carbonyl (C=O) groups is 3. The number of piperazine rings is 1. The van der Waals surface area contributed by atoms with Gasteiger partial charge in [0.2, 0.25) is 17.7 Å². The molecule has 0 aliphatic carbocycles. The molecule has 7 nitrogen and oxygen atoms in total. The number of nitrogens with zero attached hydrogens (tertiary/aromatic N) is 3. The minimum atomic E-state index is -0.663. The molecule has 3 unspecified atom stereocenters. The number of carbonyl (C=O) groups excluding carboxylic acids is 3. The third kappa shape index (κ3) is 4.58. The largest absolute Gasteiger partial charge is 0.337 e. The number of hydrogen-bond acceptors (Lipinski definition) is 4. The van der Waals surface area contributed by atoms with E-state index in [1.807, 2.05) is 72.5 Å². The van der Waals surface area contributed by atoms with E-state index in [1.54, 1.807) is 9.80 Å². The second-order valence-electron chi connectivity index (χ2n) is 9.68. The second-order valence-corrected chi connectivity index (χ2v) is 9.68. The molecule has 36 heavy (non-hydrogen) atoms. The van der Waals surface area contributed by atoms with Gasteiger partial charge in [-0.15, -0.1) is 0 Å². The average Bonchev–Trinajstić information content (AvgIpc) is 3.24. The van der Waals surface area contributed by atoms with E-state index in [-0.39, 0.29) is 24.3 Å². The fourth-order valence-electron chi connectivity index (χ4n) is 5.33. The molecule has 0 bridgehead atoms. The molecule has 2 fully saturated rings. The van der Waals surface area contributed by atoms with Gasteiger partial charge in [-0.05, 0) is 34.7 Å². The SMILES string of the molecule is CCC(N)C(=O)N1CC(=O)N2C(Cc3ccc4ccccc4c3)C(=O)N(CCc3ccccc3)CC12. The van der Waals surface area contributed by atoms with Crippen molar-refractivity contribution < 1.29 is 14.4 Å². The number of rotatable bonds is 7. The standard InChI is InChI=1S/C29H32N4O3/c1-2-24(30)28(35)32-19-27(34)33-25(17-21-12-13-22-10-6-7-11-23(22)16-21)29(36)31(18-26(32)33)15-14-20-8-4-3-5-9-20/h3-13,16,24-26H,2,14-15,17-19,30H2,1H3. The number of amides is 3. The first-order chi connectivity index (χ1) is 17.5. The van der Waals surface area contributed by atoms with Crippen molar-refractivity contribution in [3.05, 3.63) is 83.9 Å². The molecule has 2 aliphatic rings. The highest BCUT2D eigenvalue weighted by atomic mass is 16.2. The Balaban J connectivity index is 1.45. The summed E-state index contributed by atoms with van der Waals surface area (Å²) in [5.41, 5.74) is 8.20. The molecule has 2 N–H and O–H groups in total. The van der Waals surface area contributed by atoms with Crippen LogP contribution in [-0.2, 0) is 27.2 Å². The fourth-order valence-corrected chi connectivity index (χ4v) is 5.33. The summed E-state index contributed by atoms with van der Waals surface area (Å²) in [5, 5.41) is 2.22. The highest BCUT2D eigenvalue weighted by Gasteiger charge is 2.51. The topological polar surface area (TPSA) is 87.0 Å². The first-order valence-electron chi connectivity index (χ1n) is 12.6. The highest BCUT2D eigenvalue weighted by Crippen LogP contribution is 2.29. The zero-order valence-electron chi connectivity index (χ0n) is 20.5. The smallest absolute Gasteiger partial charge is 0.245 e. The Bertz CT molecular complexity index is 1280. The van der Waals surface area contributed by atoms with Gasteiger partial charge in [-0.25, -0.2) is 0 Å². The van der Waals surface area contributed by atoms with Crippen LogP contribution in [0.1, 0.15) is 24.5 Å². The van der Waals surface area contributed by atoms with Gasteiger partial charge in [-0.3, -0.25) is 14.4 Å². The van der Waals surface area contributed by atoms with E-state index in [4.69, 9.17) is 5.73 Å². The molecule has 0 radical (unpaired) electrons. The summed E-state index contributed by atoms with van der Waals surface area (Å²) >= 11 is 0. The van der Waals surface area contributed by atoms with Crippen LogP contribution < -0.4 is 5.73 Å². The molecule has 3 aromatic rings. The second kappa shape index (κ2) is 10.1. The zero-order chi connectivity index (χ0) is 25.2. The van der Waals surface area contributed by atoms with E-state index in [1.165, 1.54) is 0 Å². The lowest BCUT2D eigenvalue weighted by molar-refractivity contribution is -0.155. The van der Waals surface area contributed by atoms with Crippen LogP contribution in [-0.4, -0.2) is 70.3 Å². The van der Waals surface area contributed by atoms with Crippen molar-refractivity contribution in [2.75, 3.05) is 19.6 Å². The van der Waals surface area contributed by atoms with Gasteiger partial charge in [0.15, 0.2) is 0 Å². The third-order valence-electron chi connectivity index (χ3n) is 7.39. The van der Waals surface area contributed by atoms with Gasteiger partial charge in [0.05, 0.1) is 12.6 Å². The van der Waals surface area contributed by atoms with Crippen molar-refractivity contribution in [2.45, 2.75) is 44.4 Å². The van der Waals surface area contributed by atoms with Crippen LogP contribution in [0.4, 0.5) is 0 Å². The molecular weight excluding hydrogens is 452 g/mol. The molecule has 2 saturated heterocycles. The Labute approximate surface area is 211 Å². The molecule has 2 heterocycles. The summed E-state index contributed by atoms with van der Waals surface area (Å²) in [7, 11) is 0. The molecule has 7 heteroatoms. The monoisotopic (exact) mass is 484 g/mol. The highest BCUT2D eigenvalue weighted by molar-refractivity contribution is 5.95. The Morgan fingerprint density at radius 1 is 0.972 bits per heavy atom. The number of benzene rings is 3. The molecule has 3 aromatic carbocycles. The van der Waals surface area contributed by atoms with Crippen molar-refractivity contribution in [3.63, 3.8) is 0 Å². The minimum absolute atomic E-state index is 0.0365. The summed E-state index contributed by atoms with van der Waals surface area (Å²) < 4.78 is 0. The average molecular weight is 485 g/mol. The number of hydrogen-bond donors (Lipinski definition) is 1. The van der Waals surface area contributed by atoms with E-state index in [0.717, 1.165) is 21.9 Å². The first kappa shape index (κ1) is 24.0. The van der Waals surface area contributed by atoms with E-state index in [2.05, 4.69) is 12.1 Å². The quantitative estimate of drug-likeness (QED) is 0.559. The van der Waals surface area contributed by atoms with Gasteiger partial charge in [-0.2, -0.15) is 0 Å². The Kier molecular flexibility index (Phi) is 6.74. The van der Waals surface area contributed by atoms with Gasteiger partial charge in [-0.1, -0.05) is 79.7 Å². The van der Waals surface area contributed by atoms with Crippen molar-refractivity contribution in [2.24, 2.45) is 5.73 Å². The molecule has 2 aliphatic heterocycles. The van der Waals surface area contributed by atoms with Crippen LogP contribution in [0.3, 0.4) is 0 Å². The van der Waals surface area contributed by atoms with Crippen molar-refractivity contribution in [3.8, 4) is 0 Å². The van der Waals surface area contributed by atoms with Crippen LogP contribution in [0.15, 0.2) is 72.8 Å². The van der Waals surface area contributed by atoms with Gasteiger partial charge >= 0.3 is 0 Å². The molecule has 3 atom stereocenters. The van der Waals surface area contributed by atoms with E-state index in [0.29, 0.717) is 32.4 Å². The number of fused-ring (bicyclic) bond motifs is 2. The van der Waals surface area contributed by atoms with Gasteiger partial charge < -0.3 is 20.4 Å². The summed E-state index contributed by atoms with van der Waals surface area (Å²) in [6.07, 6.45) is 1.10. The van der Waals surface area contributed by atoms with Crippen LogP contribution >= 0.6 is 0 Å². The lowest BCUT2D eigenvalue weighted by Gasteiger charge is -2.44. The maximum atomic E-state index is 13.8. The van der Waals surface area contributed by atoms with Crippen molar-refractivity contribution in [1.82, 2.24) is 14.7 Å². The fraction of sp³-hybridized carbons (Fsp3) is 0.345. The lowest BCUT2D eigenvalue weighted by atomic mass is 9.97. The van der Waals surface area contributed by atoms with Gasteiger partial charge in [0, 0.05) is 13.0 Å². The summed E-state index contributed by atoms with van der Waals surface area (Å²) in [5.74, 6) is -0.503. The van der Waals surface area contributed by atoms with E-state index >= 15 is 0 Å². The molecule has 186 valence electrons. The third-order valence-corrected chi connectivity index (χ3v) is 7.39. The van der Waals surface area contributed by atoms with Crippen LogP contribution in [0, 0.1) is 0 Å². The maximum absolute atomic E-state index is 13.8. The molecule has 5 rings (SSSR count). The summed E-state index contributed by atoms with van der Waals surface area (Å²) in [6.45, 7) is 2.65. The normalized spacial score (nSPS) is 20.7. The molecule has 0 aromatic heterocycles. The molecule has 3 amide bonds. The maximum Gasteiger partial charge on any atom is 0.245 e. The molecule has 0 saturated carbocycles. The van der Waals surface area contributed by atoms with Crippen LogP contribution in [0.25, 0.3) is 10.8 Å². The lowest BCUT2D eigenvalue weighted by Crippen LogP contribution is -2.65. The molecule has 0 spiro atoms. The van der Waals surface area contributed by atoms with Gasteiger partial charge in [0.1, 0.15) is 18.8 Å². The first-order valence-corrected chi connectivity index (χ1v) is 12.6. The van der Waals surface area contributed by atoms with E-state index < -0.39 is 18.2 Å². The minimum Gasteiger partial charge on any atom is -0.337 e. The van der Waals surface area contributed by atoms with Crippen molar-refractivity contribution >= 4 is 28.5 Å². The summed E-state index contributed by atoms with van der Waals surface area (Å²) in [4.78, 5) is 45.1. The van der Waals surface area contributed by atoms with E-state index in [9.17, 15) is 14.4 Å². The molecular formula is C29H32N4O3. The zero-order valence-corrected chi connectivity index (χ0v) is 20.5. The predicted octanol–water partition coefficient (Wildman–Crippen LogP) is 2.57. The Morgan fingerprint density at radius 2 is 1.69 bits per heavy atom. The number of nitrogens with two attached hydrogens (primary N) is 1. The Hall–Kier alpha value is -3.71. The summed E-state index contributed by atoms with van der Waals surface area (Å²) in [6, 6.07) is 22.9. The van der Waals surface area contributed by atoms with Crippen LogP contribution in [0.5, 0.6) is 0 Å². The van der Waals surface area contributed by atoms with Crippen LogP contribution in [0.2, 0.25) is 0 Å². The Morgan fingerprint density at radius 3 is 2.44 bits per heavy atom. The van der Waals surface area contributed by atoms with Crippen molar-refractivity contribution in [1.29, 1.82) is 0 Å². The predicted molar refractivity (Wildman–Crippen MR) is 139 cm³/mol. The van der Waals surface area contributed by atoms with Gasteiger partial charge in [0.25, 0.3) is 0 Å².